The second kappa shape index (κ2) is 11.5. The average molecular weight is 833 g/mol. The second-order valence-corrected chi connectivity index (χ2v) is 16.4. The first-order chi connectivity index (χ1) is 21.8. The van der Waals surface area contributed by atoms with Crippen LogP contribution in [0.2, 0.25) is 0 Å². The van der Waals surface area contributed by atoms with E-state index in [9.17, 15) is 52.7 Å². The first-order valence-electron chi connectivity index (χ1n) is 13.8. The van der Waals surface area contributed by atoms with Crippen LogP contribution in [0.4, 0.5) is 52.7 Å². The Hall–Kier alpha value is -3.61. The molecule has 47 heavy (non-hydrogen) atoms. The molecular formula is C34H18F12Hf. The van der Waals surface area contributed by atoms with Crippen LogP contribution >= 0.6 is 0 Å². The fourth-order valence-corrected chi connectivity index (χ4v) is 13.4. The minimum atomic E-state index is -5.10. The number of hydrogen-bond donors (Lipinski definition) is 0. The maximum absolute atomic E-state index is 13.8. The molecule has 2 aliphatic rings. The molecule has 0 amide bonds. The number of halogens is 12. The van der Waals surface area contributed by atoms with Crippen molar-refractivity contribution >= 4 is 23.3 Å². The van der Waals surface area contributed by atoms with Crippen molar-refractivity contribution in [1.82, 2.24) is 0 Å². The van der Waals surface area contributed by atoms with Gasteiger partial charge in [0.15, 0.2) is 0 Å². The van der Waals surface area contributed by atoms with Gasteiger partial charge in [-0.05, 0) is 0 Å². The van der Waals surface area contributed by atoms with Crippen molar-refractivity contribution in [3.05, 3.63) is 141 Å². The Morgan fingerprint density at radius 3 is 1.00 bits per heavy atom. The van der Waals surface area contributed by atoms with Gasteiger partial charge in [0.05, 0.1) is 0 Å². The van der Waals surface area contributed by atoms with E-state index < -0.39 is 77.2 Å². The van der Waals surface area contributed by atoms with Crippen molar-refractivity contribution in [2.75, 3.05) is 0 Å². The molecule has 0 fully saturated rings. The Kier molecular flexibility index (Phi) is 8.16. The molecule has 0 aromatic heterocycles. The Bertz CT molecular complexity index is 1720. The van der Waals surface area contributed by atoms with Crippen LogP contribution in [0.3, 0.4) is 0 Å². The number of rotatable bonds is 4. The van der Waals surface area contributed by atoms with Crippen LogP contribution in [-0.4, -0.2) is 0 Å². The first kappa shape index (κ1) is 33.3. The molecule has 2 aliphatic carbocycles. The molecule has 0 bridgehead atoms. The summed E-state index contributed by atoms with van der Waals surface area (Å²) < 4.78 is 164. The number of fused-ring (bicyclic) bond motifs is 2. The molecule has 6 rings (SSSR count). The van der Waals surface area contributed by atoms with Crippen molar-refractivity contribution in [3.8, 4) is 0 Å². The van der Waals surface area contributed by atoms with Gasteiger partial charge in [-0.3, -0.25) is 0 Å². The zero-order valence-electron chi connectivity index (χ0n) is 23.4. The predicted molar refractivity (Wildman–Crippen MR) is 147 cm³/mol. The molecule has 4 aromatic rings. The third-order valence-electron chi connectivity index (χ3n) is 8.03. The molecule has 13 heteroatoms. The molecule has 0 heterocycles. The average Bonchev–Trinajstić information content (AvgIpc) is 3.54. The van der Waals surface area contributed by atoms with Gasteiger partial charge in [-0.15, -0.1) is 0 Å². The van der Waals surface area contributed by atoms with E-state index in [2.05, 4.69) is 0 Å². The molecule has 0 saturated carbocycles. The van der Waals surface area contributed by atoms with Crippen LogP contribution in [-0.2, 0) is 47.6 Å². The van der Waals surface area contributed by atoms with Crippen molar-refractivity contribution in [2.24, 2.45) is 0 Å². The fourth-order valence-electron chi connectivity index (χ4n) is 5.92. The second-order valence-electron chi connectivity index (χ2n) is 11.1. The van der Waals surface area contributed by atoms with E-state index in [1.807, 2.05) is 0 Å². The topological polar surface area (TPSA) is 0 Å². The standard InChI is InChI=1S/2C17H9F6.Hf/c2*18-16(19,20)14-7-13(8-15(9-14)17(21,22)23)12-5-10-3-1-2-4-11(10)6-12;/h2*1-9H;. The molecule has 2 atom stereocenters. The van der Waals surface area contributed by atoms with E-state index in [0.29, 0.717) is 46.5 Å². The molecule has 242 valence electrons. The number of allylic oxidation sites excluding steroid dienone is 2. The van der Waals surface area contributed by atoms with Gasteiger partial charge in [-0.2, -0.15) is 0 Å². The maximum atomic E-state index is 13.8. The Balaban J connectivity index is 1.51. The Morgan fingerprint density at radius 2 is 0.702 bits per heavy atom. The molecular weight excluding hydrogens is 815 g/mol. The van der Waals surface area contributed by atoms with Crippen LogP contribution in [0.5, 0.6) is 0 Å². The minimum absolute atomic E-state index is 0.0308. The van der Waals surface area contributed by atoms with Crippen LogP contribution in [0.25, 0.3) is 23.3 Å². The van der Waals surface area contributed by atoms with E-state index in [4.69, 9.17) is 0 Å². The summed E-state index contributed by atoms with van der Waals surface area (Å²) in [5.74, 6) is 0. The SMILES string of the molecule is FC(F)(F)c1cc(C2=Cc3ccccc3[CH]2[Hf][CH]2C(c3cc(C(F)(F)F)cc(C(F)(F)F)c3)=Cc3ccccc32)cc(C(F)(F)F)c1. The number of hydrogen-bond acceptors (Lipinski definition) is 0. The molecule has 0 nitrogen and oxygen atoms in total. The molecule has 0 saturated heterocycles. The summed E-state index contributed by atoms with van der Waals surface area (Å²) in [6.45, 7) is 0. The van der Waals surface area contributed by atoms with Crippen molar-refractivity contribution in [3.63, 3.8) is 0 Å². The summed E-state index contributed by atoms with van der Waals surface area (Å²) in [6.07, 6.45) is -17.4. The van der Waals surface area contributed by atoms with Gasteiger partial charge in [0.25, 0.3) is 0 Å². The summed E-state index contributed by atoms with van der Waals surface area (Å²) in [6, 6.07) is 15.9. The van der Waals surface area contributed by atoms with Gasteiger partial charge in [-0.25, -0.2) is 0 Å². The van der Waals surface area contributed by atoms with E-state index >= 15 is 0 Å². The molecule has 2 unspecified atom stereocenters. The fraction of sp³-hybridized carbons (Fsp3) is 0.176. The zero-order valence-corrected chi connectivity index (χ0v) is 27.0. The molecule has 0 aliphatic heterocycles. The van der Waals surface area contributed by atoms with Gasteiger partial charge in [-0.1, -0.05) is 0 Å². The summed E-state index contributed by atoms with van der Waals surface area (Å²) in [4.78, 5) is 0. The summed E-state index contributed by atoms with van der Waals surface area (Å²) >= 11 is -2.60. The number of benzene rings is 4. The van der Waals surface area contributed by atoms with Gasteiger partial charge in [0.2, 0.25) is 0 Å². The predicted octanol–water partition coefficient (Wildman–Crippen LogP) is 11.7. The van der Waals surface area contributed by atoms with Gasteiger partial charge >= 0.3 is 272 Å². The third kappa shape index (κ3) is 6.60. The summed E-state index contributed by atoms with van der Waals surface area (Å²) in [5.41, 5.74) is -3.87. The van der Waals surface area contributed by atoms with Gasteiger partial charge in [0.1, 0.15) is 0 Å². The Labute approximate surface area is 270 Å². The monoisotopic (exact) mass is 834 g/mol. The van der Waals surface area contributed by atoms with Crippen molar-refractivity contribution in [1.29, 1.82) is 0 Å². The summed E-state index contributed by atoms with van der Waals surface area (Å²) in [7, 11) is 0. The van der Waals surface area contributed by atoms with Crippen molar-refractivity contribution < 1.29 is 75.6 Å². The van der Waals surface area contributed by atoms with E-state index in [1.54, 1.807) is 48.5 Å². The van der Waals surface area contributed by atoms with Crippen LogP contribution in [0.15, 0.2) is 84.9 Å². The van der Waals surface area contributed by atoms with Crippen LogP contribution in [0.1, 0.15) is 63.0 Å². The Morgan fingerprint density at radius 1 is 0.404 bits per heavy atom. The molecule has 0 radical (unpaired) electrons. The van der Waals surface area contributed by atoms with Gasteiger partial charge < -0.3 is 0 Å². The van der Waals surface area contributed by atoms with E-state index in [0.717, 1.165) is 0 Å². The molecule has 0 N–H and O–H groups in total. The van der Waals surface area contributed by atoms with E-state index in [-0.39, 0.29) is 34.4 Å². The summed E-state index contributed by atoms with van der Waals surface area (Å²) in [5, 5.41) is 0. The first-order valence-corrected chi connectivity index (χ1v) is 17.9. The molecule has 4 aromatic carbocycles. The van der Waals surface area contributed by atoms with Crippen LogP contribution < -0.4 is 0 Å². The van der Waals surface area contributed by atoms with Gasteiger partial charge in [0, 0.05) is 0 Å². The van der Waals surface area contributed by atoms with E-state index in [1.165, 1.54) is 12.2 Å². The third-order valence-corrected chi connectivity index (χ3v) is 14.9. The molecule has 0 spiro atoms. The number of alkyl halides is 12. The zero-order chi connectivity index (χ0) is 34.1. The normalized spacial score (nSPS) is 18.0. The quantitative estimate of drug-likeness (QED) is 0.142. The van der Waals surface area contributed by atoms with Crippen molar-refractivity contribution in [2.45, 2.75) is 32.1 Å². The van der Waals surface area contributed by atoms with Crippen LogP contribution in [0, 0.1) is 0 Å².